The highest BCUT2D eigenvalue weighted by Gasteiger charge is 2.40. The molecule has 2 N–H and O–H groups in total. The van der Waals surface area contributed by atoms with Crippen molar-refractivity contribution in [2.45, 2.75) is 32.4 Å². The van der Waals surface area contributed by atoms with Gasteiger partial charge in [-0.2, -0.15) is 0 Å². The number of quaternary nitrogens is 1. The Hall–Kier alpha value is 0.130. The molecule has 0 aromatic carbocycles. The number of likely N-dealkylation sites (N-methyl/N-ethyl adjacent to an activating group) is 1. The van der Waals surface area contributed by atoms with Crippen LogP contribution in [0.1, 0.15) is 13.8 Å². The fourth-order valence-electron chi connectivity index (χ4n) is 1.23. The monoisotopic (exact) mass is 211 g/mol. The first-order valence-corrected chi connectivity index (χ1v) is 4.29. The summed E-state index contributed by atoms with van der Waals surface area (Å²) in [6.07, 6.45) is -0.900. The van der Waals surface area contributed by atoms with Crippen molar-refractivity contribution < 1.29 is 31.8 Å². The molecule has 0 aliphatic carbocycles. The van der Waals surface area contributed by atoms with Gasteiger partial charge in [0, 0.05) is 13.8 Å². The van der Waals surface area contributed by atoms with Gasteiger partial charge in [0.05, 0.1) is 13.7 Å². The molecule has 1 aliphatic heterocycles. The van der Waals surface area contributed by atoms with Crippen LogP contribution >= 0.6 is 0 Å². The first-order chi connectivity index (χ1) is 5.47. The topological polar surface area (TPSA) is 53.0 Å². The molecule has 0 aromatic heterocycles. The second kappa shape index (κ2) is 4.57. The molecule has 0 bridgehead atoms. The van der Waals surface area contributed by atoms with Gasteiger partial charge in [0.25, 0.3) is 0 Å². The predicted octanol–water partition coefficient (Wildman–Crippen LogP) is -3.49. The van der Waals surface area contributed by atoms with Crippen LogP contribution in [0.5, 0.6) is 0 Å². The summed E-state index contributed by atoms with van der Waals surface area (Å²) >= 11 is 0. The highest BCUT2D eigenvalue weighted by molar-refractivity contribution is 4.68. The summed E-state index contributed by atoms with van der Waals surface area (Å²) < 4.78 is 5.31. The summed E-state index contributed by atoms with van der Waals surface area (Å²) in [6.45, 7) is 4.81. The van der Waals surface area contributed by atoms with Crippen LogP contribution in [0.4, 0.5) is 0 Å². The lowest BCUT2D eigenvalue weighted by atomic mass is 10.3. The molecule has 1 aliphatic rings. The number of ether oxygens (including phenoxy) is 1. The molecule has 3 unspecified atom stereocenters. The first-order valence-electron chi connectivity index (χ1n) is 4.29. The molecule has 0 spiro atoms. The molecular weight excluding hydrogens is 194 g/mol. The normalized spacial score (nSPS) is 29.8. The van der Waals surface area contributed by atoms with Crippen LogP contribution in [0, 0.1) is 0 Å². The lowest BCUT2D eigenvalue weighted by molar-refractivity contribution is -0.990. The Morgan fingerprint density at radius 1 is 1.38 bits per heavy atom. The molecule has 1 saturated heterocycles. The van der Waals surface area contributed by atoms with E-state index in [1.165, 1.54) is 0 Å². The molecule has 0 amide bonds. The van der Waals surface area contributed by atoms with Crippen molar-refractivity contribution in [3.8, 4) is 0 Å². The van der Waals surface area contributed by atoms with E-state index in [1.807, 2.05) is 7.05 Å². The van der Waals surface area contributed by atoms with Crippen LogP contribution in [-0.2, 0) is 4.74 Å². The van der Waals surface area contributed by atoms with Crippen LogP contribution in [0.25, 0.3) is 0 Å². The summed E-state index contributed by atoms with van der Waals surface area (Å²) in [6, 6.07) is 0. The Morgan fingerprint density at radius 2 is 1.77 bits per heavy atom. The van der Waals surface area contributed by atoms with Crippen molar-refractivity contribution in [3.63, 3.8) is 0 Å². The summed E-state index contributed by atoms with van der Waals surface area (Å²) in [7, 11) is 1.83. The fraction of sp³-hybridized carbons (Fsp3) is 1.00. The van der Waals surface area contributed by atoms with Crippen molar-refractivity contribution >= 4 is 0 Å². The van der Waals surface area contributed by atoms with E-state index in [4.69, 9.17) is 4.74 Å². The zero-order chi connectivity index (χ0) is 9.35. The molecule has 13 heavy (non-hydrogen) atoms. The Bertz CT molecular complexity index is 151. The van der Waals surface area contributed by atoms with Crippen molar-refractivity contribution in [3.05, 3.63) is 0 Å². The molecule has 3 atom stereocenters. The standard InChI is InChI=1S/C8H18NO3.ClH/c1-6(10)9(3,7(2)11)4-8-5-12-8;/h6-8,10-11H,4-5H2,1-3H3;1H/q+1;/p-1. The van der Waals surface area contributed by atoms with Crippen LogP contribution < -0.4 is 12.4 Å². The third kappa shape index (κ3) is 3.07. The molecule has 5 heteroatoms. The number of aliphatic hydroxyl groups is 2. The van der Waals surface area contributed by atoms with Crippen molar-refractivity contribution in [2.75, 3.05) is 20.2 Å². The van der Waals surface area contributed by atoms with E-state index in [0.717, 1.165) is 6.61 Å². The predicted molar refractivity (Wildman–Crippen MR) is 44.2 cm³/mol. The lowest BCUT2D eigenvalue weighted by Gasteiger charge is -2.39. The zero-order valence-corrected chi connectivity index (χ0v) is 9.03. The van der Waals surface area contributed by atoms with Gasteiger partial charge in [0.15, 0.2) is 12.5 Å². The van der Waals surface area contributed by atoms with Crippen molar-refractivity contribution in [2.24, 2.45) is 0 Å². The fourth-order valence-corrected chi connectivity index (χ4v) is 1.23. The summed E-state index contributed by atoms with van der Waals surface area (Å²) in [4.78, 5) is 0. The number of nitrogens with zero attached hydrogens (tertiary/aromatic N) is 1. The summed E-state index contributed by atoms with van der Waals surface area (Å²) in [5, 5.41) is 19.0. The van der Waals surface area contributed by atoms with E-state index in [9.17, 15) is 10.2 Å². The number of rotatable bonds is 4. The van der Waals surface area contributed by atoms with E-state index in [0.29, 0.717) is 6.54 Å². The van der Waals surface area contributed by atoms with E-state index in [2.05, 4.69) is 0 Å². The summed E-state index contributed by atoms with van der Waals surface area (Å²) in [5.41, 5.74) is 0. The van der Waals surface area contributed by atoms with Crippen molar-refractivity contribution in [1.82, 2.24) is 0 Å². The second-order valence-corrected chi connectivity index (χ2v) is 3.75. The Labute approximate surface area is 85.1 Å². The van der Waals surface area contributed by atoms with E-state index >= 15 is 0 Å². The van der Waals surface area contributed by atoms with Gasteiger partial charge in [-0.3, -0.25) is 4.48 Å². The zero-order valence-electron chi connectivity index (χ0n) is 8.27. The average molecular weight is 212 g/mol. The molecule has 1 fully saturated rings. The van der Waals surface area contributed by atoms with Gasteiger partial charge in [0.2, 0.25) is 0 Å². The van der Waals surface area contributed by atoms with Gasteiger partial charge < -0.3 is 27.4 Å². The molecule has 0 radical (unpaired) electrons. The molecule has 1 rings (SSSR count). The molecular formula is C8H18ClNO3. The number of hydrogen-bond donors (Lipinski definition) is 2. The van der Waals surface area contributed by atoms with Gasteiger partial charge in [0.1, 0.15) is 12.6 Å². The Kier molecular flexibility index (Phi) is 4.62. The van der Waals surface area contributed by atoms with Gasteiger partial charge in [-0.1, -0.05) is 0 Å². The van der Waals surface area contributed by atoms with Crippen LogP contribution in [0.15, 0.2) is 0 Å². The average Bonchev–Trinajstić information content (AvgIpc) is 2.70. The minimum Gasteiger partial charge on any atom is -1.00 e. The largest absolute Gasteiger partial charge is 1.00 e. The van der Waals surface area contributed by atoms with Gasteiger partial charge in [-0.25, -0.2) is 0 Å². The molecule has 4 nitrogen and oxygen atoms in total. The maximum atomic E-state index is 9.48. The maximum Gasteiger partial charge on any atom is 0.189 e. The third-order valence-corrected chi connectivity index (χ3v) is 2.71. The number of hydrogen-bond acceptors (Lipinski definition) is 3. The van der Waals surface area contributed by atoms with E-state index < -0.39 is 12.5 Å². The number of epoxide rings is 1. The Balaban J connectivity index is 0.00000144. The highest BCUT2D eigenvalue weighted by atomic mass is 35.5. The second-order valence-electron chi connectivity index (χ2n) is 3.75. The quantitative estimate of drug-likeness (QED) is 0.289. The summed E-state index contributed by atoms with van der Waals surface area (Å²) in [5.74, 6) is 0. The molecule has 1 heterocycles. The maximum absolute atomic E-state index is 9.48. The number of aliphatic hydroxyl groups excluding tert-OH is 2. The van der Waals surface area contributed by atoms with Crippen molar-refractivity contribution in [1.29, 1.82) is 0 Å². The first kappa shape index (κ1) is 13.1. The van der Waals surface area contributed by atoms with Crippen LogP contribution in [0.2, 0.25) is 0 Å². The van der Waals surface area contributed by atoms with Gasteiger partial charge >= 0.3 is 0 Å². The smallest absolute Gasteiger partial charge is 0.189 e. The number of halogens is 1. The SMILES string of the molecule is CC(O)[N+](C)(CC1CO1)C(C)O.[Cl-]. The van der Waals surface area contributed by atoms with Crippen LogP contribution in [-0.4, -0.2) is 53.5 Å². The minimum atomic E-state index is -0.561. The third-order valence-electron chi connectivity index (χ3n) is 2.71. The van der Waals surface area contributed by atoms with Gasteiger partial charge in [-0.15, -0.1) is 0 Å². The van der Waals surface area contributed by atoms with E-state index in [-0.39, 0.29) is 23.0 Å². The minimum absolute atomic E-state index is 0. The molecule has 0 aromatic rings. The van der Waals surface area contributed by atoms with E-state index in [1.54, 1.807) is 13.8 Å². The Morgan fingerprint density at radius 3 is 2.00 bits per heavy atom. The molecule has 0 saturated carbocycles. The lowest BCUT2D eigenvalue weighted by Crippen LogP contribution is -3.00. The molecule has 80 valence electrons. The van der Waals surface area contributed by atoms with Gasteiger partial charge in [-0.05, 0) is 0 Å². The highest BCUT2D eigenvalue weighted by Crippen LogP contribution is 2.20. The van der Waals surface area contributed by atoms with Crippen LogP contribution in [0.3, 0.4) is 0 Å².